The quantitative estimate of drug-likeness (QED) is 0.592. The number of nitrogen functional groups attached to an aromatic ring is 1. The van der Waals surface area contributed by atoms with E-state index >= 15 is 0 Å². The number of thiophene rings is 1. The highest BCUT2D eigenvalue weighted by Crippen LogP contribution is 2.27. The summed E-state index contributed by atoms with van der Waals surface area (Å²) in [6.45, 7) is 1.60. The number of carbonyl (C=O) groups excluding carboxylic acids is 1. The predicted molar refractivity (Wildman–Crippen MR) is 81.1 cm³/mol. The highest BCUT2D eigenvalue weighted by Gasteiger charge is 2.18. The Kier molecular flexibility index (Phi) is 3.90. The number of nitrogens with one attached hydrogen (secondary N) is 2. The number of hydrogen-bond acceptors (Lipinski definition) is 6. The lowest BCUT2D eigenvalue weighted by Gasteiger charge is -2.07. The van der Waals surface area contributed by atoms with E-state index < -0.39 is 0 Å². The van der Waals surface area contributed by atoms with Gasteiger partial charge >= 0.3 is 0 Å². The maximum Gasteiger partial charge on any atom is 0.259 e. The molecule has 0 fully saturated rings. The molecule has 1 amide bonds. The minimum absolute atomic E-state index is 0.281. The first-order valence-corrected chi connectivity index (χ1v) is 6.58. The Morgan fingerprint density at radius 3 is 2.55 bits per heavy atom. The van der Waals surface area contributed by atoms with Gasteiger partial charge in [0.2, 0.25) is 0 Å². The van der Waals surface area contributed by atoms with E-state index in [2.05, 4.69) is 10.5 Å². The van der Waals surface area contributed by atoms with Crippen molar-refractivity contribution in [2.75, 3.05) is 11.1 Å². The molecule has 4 N–H and O–H groups in total. The standard InChI is InChI=1S/C13H12N4O2S/c1-7(14)10-6-20-12(15)11(10)13(18)16-8-2-4-9(17-19)5-3-8/h2-6,14H,15H2,1H3,(H,16,18). The lowest BCUT2D eigenvalue weighted by Crippen LogP contribution is -2.15. The molecule has 6 nitrogen and oxygen atoms in total. The van der Waals surface area contributed by atoms with E-state index in [1.807, 2.05) is 0 Å². The summed E-state index contributed by atoms with van der Waals surface area (Å²) in [4.78, 5) is 22.5. The van der Waals surface area contributed by atoms with Crippen LogP contribution in [0.2, 0.25) is 0 Å². The van der Waals surface area contributed by atoms with Crippen molar-refractivity contribution in [1.29, 1.82) is 5.41 Å². The summed E-state index contributed by atoms with van der Waals surface area (Å²) in [5.74, 6) is -0.378. The fourth-order valence-electron chi connectivity index (χ4n) is 1.68. The molecule has 0 saturated carbocycles. The highest BCUT2D eigenvalue weighted by atomic mass is 32.1. The molecule has 0 bridgehead atoms. The third-order valence-corrected chi connectivity index (χ3v) is 3.49. The number of amides is 1. The first kappa shape index (κ1) is 13.9. The molecular formula is C13H12N4O2S. The van der Waals surface area contributed by atoms with Gasteiger partial charge in [0.15, 0.2) is 0 Å². The second kappa shape index (κ2) is 5.62. The number of nitrogens with zero attached hydrogens (tertiary/aromatic N) is 1. The fraction of sp³-hybridized carbons (Fsp3) is 0.0769. The average molecular weight is 288 g/mol. The largest absolute Gasteiger partial charge is 0.390 e. The van der Waals surface area contributed by atoms with Crippen LogP contribution >= 0.6 is 11.3 Å². The van der Waals surface area contributed by atoms with E-state index in [9.17, 15) is 9.70 Å². The van der Waals surface area contributed by atoms with Gasteiger partial charge in [-0.05, 0) is 36.4 Å². The number of nitrogens with two attached hydrogens (primary N) is 1. The molecule has 2 aromatic rings. The van der Waals surface area contributed by atoms with Crippen molar-refractivity contribution in [2.45, 2.75) is 6.92 Å². The first-order chi connectivity index (χ1) is 9.52. The molecule has 0 unspecified atom stereocenters. The van der Waals surface area contributed by atoms with Crippen molar-refractivity contribution >= 4 is 39.3 Å². The topological polar surface area (TPSA) is 108 Å². The predicted octanol–water partition coefficient (Wildman–Crippen LogP) is 3.37. The van der Waals surface area contributed by atoms with E-state index in [1.54, 1.807) is 24.4 Å². The van der Waals surface area contributed by atoms with Crippen LogP contribution in [0.15, 0.2) is 34.8 Å². The lowest BCUT2D eigenvalue weighted by atomic mass is 10.1. The molecule has 2 rings (SSSR count). The summed E-state index contributed by atoms with van der Waals surface area (Å²) < 4.78 is 0. The van der Waals surface area contributed by atoms with Gasteiger partial charge in [0.1, 0.15) is 5.69 Å². The van der Waals surface area contributed by atoms with Gasteiger partial charge in [0.05, 0.1) is 10.6 Å². The van der Waals surface area contributed by atoms with Crippen LogP contribution in [0, 0.1) is 10.3 Å². The normalized spacial score (nSPS) is 10.1. The van der Waals surface area contributed by atoms with Gasteiger partial charge in [0.25, 0.3) is 5.91 Å². The maximum atomic E-state index is 12.2. The monoisotopic (exact) mass is 288 g/mol. The Labute approximate surface area is 119 Å². The van der Waals surface area contributed by atoms with Crippen LogP contribution in [-0.4, -0.2) is 11.6 Å². The molecule has 0 spiro atoms. The Hall–Kier alpha value is -2.54. The van der Waals surface area contributed by atoms with E-state index in [-0.39, 0.29) is 17.3 Å². The molecule has 0 aliphatic rings. The maximum absolute atomic E-state index is 12.2. The Balaban J connectivity index is 2.25. The number of carbonyl (C=O) groups is 1. The summed E-state index contributed by atoms with van der Waals surface area (Å²) in [6.07, 6.45) is 0. The number of nitroso groups, excluding NO2 is 1. The van der Waals surface area contributed by atoms with Crippen molar-refractivity contribution in [3.05, 3.63) is 45.7 Å². The van der Waals surface area contributed by atoms with Crippen molar-refractivity contribution in [1.82, 2.24) is 0 Å². The molecule has 1 heterocycles. The van der Waals surface area contributed by atoms with Gasteiger partial charge in [-0.25, -0.2) is 0 Å². The minimum atomic E-state index is -0.378. The summed E-state index contributed by atoms with van der Waals surface area (Å²) in [5.41, 5.74) is 7.71. The fourth-order valence-corrected chi connectivity index (χ4v) is 2.54. The Morgan fingerprint density at radius 2 is 2.00 bits per heavy atom. The number of anilines is 2. The highest BCUT2D eigenvalue weighted by molar-refractivity contribution is 7.14. The molecule has 1 aromatic carbocycles. The number of benzene rings is 1. The van der Waals surface area contributed by atoms with Crippen molar-refractivity contribution in [2.24, 2.45) is 5.18 Å². The van der Waals surface area contributed by atoms with Gasteiger partial charge in [-0.3, -0.25) is 4.79 Å². The van der Waals surface area contributed by atoms with Gasteiger partial charge in [-0.1, -0.05) is 0 Å². The second-order valence-electron chi connectivity index (χ2n) is 4.11. The molecule has 0 saturated heterocycles. The van der Waals surface area contributed by atoms with Crippen molar-refractivity contribution < 1.29 is 4.79 Å². The summed E-state index contributed by atoms with van der Waals surface area (Å²) in [5, 5.41) is 15.2. The van der Waals surface area contributed by atoms with Crippen LogP contribution < -0.4 is 11.1 Å². The van der Waals surface area contributed by atoms with Crippen LogP contribution in [-0.2, 0) is 0 Å². The zero-order valence-corrected chi connectivity index (χ0v) is 11.5. The van der Waals surface area contributed by atoms with Gasteiger partial charge in [0, 0.05) is 22.3 Å². The Bertz CT molecular complexity index is 676. The smallest absolute Gasteiger partial charge is 0.259 e. The van der Waals surface area contributed by atoms with Gasteiger partial charge in [-0.2, -0.15) is 0 Å². The van der Waals surface area contributed by atoms with E-state index in [1.165, 1.54) is 23.5 Å². The van der Waals surface area contributed by atoms with Gasteiger partial charge in [-0.15, -0.1) is 16.2 Å². The third-order valence-electron chi connectivity index (χ3n) is 2.68. The Morgan fingerprint density at radius 1 is 1.35 bits per heavy atom. The lowest BCUT2D eigenvalue weighted by molar-refractivity contribution is 0.102. The van der Waals surface area contributed by atoms with Crippen LogP contribution in [0.3, 0.4) is 0 Å². The van der Waals surface area contributed by atoms with E-state index in [4.69, 9.17) is 11.1 Å². The number of rotatable bonds is 4. The van der Waals surface area contributed by atoms with Crippen molar-refractivity contribution in [3.8, 4) is 0 Å². The molecule has 1 aromatic heterocycles. The zero-order valence-electron chi connectivity index (χ0n) is 10.6. The molecular weight excluding hydrogens is 276 g/mol. The molecule has 102 valence electrons. The molecule has 7 heteroatoms. The van der Waals surface area contributed by atoms with E-state index in [0.29, 0.717) is 21.8 Å². The second-order valence-corrected chi connectivity index (χ2v) is 5.02. The van der Waals surface area contributed by atoms with E-state index in [0.717, 1.165) is 0 Å². The average Bonchev–Trinajstić information content (AvgIpc) is 2.81. The molecule has 0 radical (unpaired) electrons. The van der Waals surface area contributed by atoms with Crippen LogP contribution in [0.1, 0.15) is 22.8 Å². The van der Waals surface area contributed by atoms with Crippen LogP contribution in [0.4, 0.5) is 16.4 Å². The SMILES string of the molecule is CC(=N)c1csc(N)c1C(=O)Nc1ccc(N=O)cc1. The molecule has 0 aliphatic heterocycles. The summed E-state index contributed by atoms with van der Waals surface area (Å²) >= 11 is 1.22. The summed E-state index contributed by atoms with van der Waals surface area (Å²) in [7, 11) is 0. The van der Waals surface area contributed by atoms with Crippen LogP contribution in [0.25, 0.3) is 0 Å². The van der Waals surface area contributed by atoms with Gasteiger partial charge < -0.3 is 16.5 Å². The minimum Gasteiger partial charge on any atom is -0.390 e. The first-order valence-electron chi connectivity index (χ1n) is 5.70. The number of hydrogen-bond donors (Lipinski definition) is 3. The third kappa shape index (κ3) is 2.72. The molecule has 0 atom stereocenters. The molecule has 20 heavy (non-hydrogen) atoms. The zero-order chi connectivity index (χ0) is 14.7. The summed E-state index contributed by atoms with van der Waals surface area (Å²) in [6, 6.07) is 6.16. The van der Waals surface area contributed by atoms with Crippen LogP contribution in [0.5, 0.6) is 0 Å². The molecule has 0 aliphatic carbocycles. The van der Waals surface area contributed by atoms with Crippen molar-refractivity contribution in [3.63, 3.8) is 0 Å².